The maximum absolute atomic E-state index is 11.7. The number of rotatable bonds is 9. The Kier molecular flexibility index (Phi) is 7.78. The Labute approximate surface area is 161 Å². The van der Waals surface area contributed by atoms with Gasteiger partial charge in [0.15, 0.2) is 15.8 Å². The van der Waals surface area contributed by atoms with E-state index in [0.29, 0.717) is 11.4 Å². The van der Waals surface area contributed by atoms with Crippen molar-refractivity contribution in [3.8, 4) is 0 Å². The van der Waals surface area contributed by atoms with Crippen molar-refractivity contribution in [2.75, 3.05) is 19.3 Å². The van der Waals surface area contributed by atoms with Gasteiger partial charge in [-0.2, -0.15) is 0 Å². The van der Waals surface area contributed by atoms with Crippen LogP contribution in [0.3, 0.4) is 0 Å². The van der Waals surface area contributed by atoms with Crippen LogP contribution in [0.5, 0.6) is 0 Å². The lowest BCUT2D eigenvalue weighted by molar-refractivity contribution is 0.597. The second-order valence-corrected chi connectivity index (χ2v) is 8.38. The SMILES string of the molecule is CCNC(=NCc1ccc(S(C)(=O)=O)c(C)c1)NCCCCn1cnnc1. The highest BCUT2D eigenvalue weighted by Crippen LogP contribution is 2.17. The molecule has 0 atom stereocenters. The quantitative estimate of drug-likeness (QED) is 0.381. The number of benzene rings is 1. The lowest BCUT2D eigenvalue weighted by Gasteiger charge is -2.12. The van der Waals surface area contributed by atoms with Gasteiger partial charge in [0.2, 0.25) is 0 Å². The zero-order valence-electron chi connectivity index (χ0n) is 16.1. The molecule has 2 aromatic rings. The largest absolute Gasteiger partial charge is 0.357 e. The van der Waals surface area contributed by atoms with Crippen molar-refractivity contribution in [3.05, 3.63) is 42.0 Å². The van der Waals surface area contributed by atoms with Crippen LogP contribution in [0.1, 0.15) is 30.9 Å². The predicted molar refractivity (Wildman–Crippen MR) is 106 cm³/mol. The molecule has 148 valence electrons. The van der Waals surface area contributed by atoms with E-state index in [1.807, 2.05) is 30.5 Å². The van der Waals surface area contributed by atoms with Crippen LogP contribution < -0.4 is 10.6 Å². The molecule has 0 aliphatic heterocycles. The zero-order chi connectivity index (χ0) is 19.7. The molecule has 27 heavy (non-hydrogen) atoms. The van der Waals surface area contributed by atoms with Crippen molar-refractivity contribution in [1.82, 2.24) is 25.4 Å². The number of guanidine groups is 1. The molecule has 0 saturated heterocycles. The number of aryl methyl sites for hydroxylation is 2. The lowest BCUT2D eigenvalue weighted by atomic mass is 10.1. The number of unbranched alkanes of at least 4 members (excludes halogenated alkanes) is 1. The highest BCUT2D eigenvalue weighted by atomic mass is 32.2. The van der Waals surface area contributed by atoms with Gasteiger partial charge in [0.25, 0.3) is 0 Å². The minimum atomic E-state index is -3.19. The van der Waals surface area contributed by atoms with Gasteiger partial charge >= 0.3 is 0 Å². The number of hydrogen-bond donors (Lipinski definition) is 2. The maximum Gasteiger partial charge on any atom is 0.191 e. The first-order valence-electron chi connectivity index (χ1n) is 9.04. The molecule has 0 bridgehead atoms. The number of nitrogens with one attached hydrogen (secondary N) is 2. The molecule has 1 aromatic carbocycles. The van der Waals surface area contributed by atoms with Crippen LogP contribution in [0, 0.1) is 6.92 Å². The number of sulfone groups is 1. The van der Waals surface area contributed by atoms with Gasteiger partial charge < -0.3 is 15.2 Å². The molecule has 0 aliphatic carbocycles. The third-order valence-corrected chi connectivity index (χ3v) is 5.26. The summed E-state index contributed by atoms with van der Waals surface area (Å²) >= 11 is 0. The van der Waals surface area contributed by atoms with Crippen molar-refractivity contribution in [3.63, 3.8) is 0 Å². The third kappa shape index (κ3) is 7.01. The van der Waals surface area contributed by atoms with Crippen molar-refractivity contribution >= 4 is 15.8 Å². The summed E-state index contributed by atoms with van der Waals surface area (Å²) in [7, 11) is -3.19. The summed E-state index contributed by atoms with van der Waals surface area (Å²) in [6.07, 6.45) is 6.69. The van der Waals surface area contributed by atoms with E-state index in [1.165, 1.54) is 6.26 Å². The van der Waals surface area contributed by atoms with Gasteiger partial charge in [0, 0.05) is 25.9 Å². The van der Waals surface area contributed by atoms with Gasteiger partial charge in [-0.25, -0.2) is 13.4 Å². The lowest BCUT2D eigenvalue weighted by Crippen LogP contribution is -2.37. The molecular formula is C18H28N6O2S. The molecule has 1 aromatic heterocycles. The van der Waals surface area contributed by atoms with Gasteiger partial charge in [-0.3, -0.25) is 0 Å². The summed E-state index contributed by atoms with van der Waals surface area (Å²) in [5, 5.41) is 14.1. The fraction of sp³-hybridized carbons (Fsp3) is 0.500. The van der Waals surface area contributed by atoms with Crippen LogP contribution in [0.15, 0.2) is 40.7 Å². The first-order chi connectivity index (χ1) is 12.9. The Morgan fingerprint density at radius 3 is 2.56 bits per heavy atom. The summed E-state index contributed by atoms with van der Waals surface area (Å²) in [6.45, 7) is 6.81. The predicted octanol–water partition coefficient (Wildman–Crippen LogP) is 1.53. The van der Waals surface area contributed by atoms with Crippen LogP contribution in [0.25, 0.3) is 0 Å². The summed E-state index contributed by atoms with van der Waals surface area (Å²) < 4.78 is 25.4. The minimum absolute atomic E-state index is 0.369. The fourth-order valence-electron chi connectivity index (χ4n) is 2.70. The third-order valence-electron chi connectivity index (χ3n) is 4.00. The second-order valence-electron chi connectivity index (χ2n) is 6.40. The highest BCUT2D eigenvalue weighted by molar-refractivity contribution is 7.90. The normalized spacial score (nSPS) is 12.2. The van der Waals surface area contributed by atoms with E-state index >= 15 is 0 Å². The molecule has 0 aliphatic rings. The van der Waals surface area contributed by atoms with Gasteiger partial charge in [0.1, 0.15) is 12.7 Å². The average molecular weight is 393 g/mol. The van der Waals surface area contributed by atoms with Crippen LogP contribution in [-0.4, -0.2) is 48.5 Å². The summed E-state index contributed by atoms with van der Waals surface area (Å²) in [5.74, 6) is 0.756. The monoisotopic (exact) mass is 392 g/mol. The van der Waals surface area contributed by atoms with Crippen LogP contribution in [-0.2, 0) is 22.9 Å². The van der Waals surface area contributed by atoms with Gasteiger partial charge in [-0.1, -0.05) is 12.1 Å². The fourth-order valence-corrected chi connectivity index (χ4v) is 3.66. The van der Waals surface area contributed by atoms with Crippen molar-refractivity contribution in [1.29, 1.82) is 0 Å². The minimum Gasteiger partial charge on any atom is -0.357 e. The first-order valence-corrected chi connectivity index (χ1v) is 10.9. The van der Waals surface area contributed by atoms with E-state index in [-0.39, 0.29) is 0 Å². The molecule has 0 saturated carbocycles. The smallest absolute Gasteiger partial charge is 0.191 e. The molecule has 0 spiro atoms. The Morgan fingerprint density at radius 2 is 1.93 bits per heavy atom. The summed E-state index contributed by atoms with van der Waals surface area (Å²) in [4.78, 5) is 4.95. The van der Waals surface area contributed by atoms with E-state index in [4.69, 9.17) is 0 Å². The molecule has 2 rings (SSSR count). The van der Waals surface area contributed by atoms with Crippen LogP contribution in [0.2, 0.25) is 0 Å². The Bertz CT molecular complexity index is 847. The second kappa shape index (κ2) is 10.1. The van der Waals surface area contributed by atoms with Crippen molar-refractivity contribution < 1.29 is 8.42 Å². The topological polar surface area (TPSA) is 101 Å². The van der Waals surface area contributed by atoms with E-state index in [1.54, 1.807) is 18.7 Å². The van der Waals surface area contributed by atoms with E-state index in [9.17, 15) is 8.42 Å². The van der Waals surface area contributed by atoms with Crippen molar-refractivity contribution in [2.45, 2.75) is 44.7 Å². The van der Waals surface area contributed by atoms with E-state index in [0.717, 1.165) is 49.6 Å². The molecule has 8 nitrogen and oxygen atoms in total. The van der Waals surface area contributed by atoms with E-state index in [2.05, 4.69) is 25.8 Å². The van der Waals surface area contributed by atoms with Gasteiger partial charge in [0.05, 0.1) is 11.4 Å². The molecule has 1 heterocycles. The standard InChI is InChI=1S/C18H28N6O2S/c1-4-19-18(20-9-5-6-10-24-13-22-23-14-24)21-12-16-7-8-17(15(2)11-16)27(3,25)26/h7-8,11,13-14H,4-6,9-10,12H2,1-3H3,(H2,19,20,21). The van der Waals surface area contributed by atoms with Gasteiger partial charge in [-0.15, -0.1) is 10.2 Å². The van der Waals surface area contributed by atoms with Crippen LogP contribution in [0.4, 0.5) is 0 Å². The van der Waals surface area contributed by atoms with Crippen LogP contribution >= 0.6 is 0 Å². The molecular weight excluding hydrogens is 364 g/mol. The molecule has 0 unspecified atom stereocenters. The molecule has 2 N–H and O–H groups in total. The molecule has 9 heteroatoms. The average Bonchev–Trinajstić information content (AvgIpc) is 3.11. The number of nitrogens with zero attached hydrogens (tertiary/aromatic N) is 4. The number of hydrogen-bond acceptors (Lipinski definition) is 5. The van der Waals surface area contributed by atoms with Crippen molar-refractivity contribution in [2.24, 2.45) is 4.99 Å². The molecule has 0 radical (unpaired) electrons. The molecule has 0 amide bonds. The van der Waals surface area contributed by atoms with E-state index < -0.39 is 9.84 Å². The Morgan fingerprint density at radius 1 is 1.19 bits per heavy atom. The maximum atomic E-state index is 11.7. The summed E-state index contributed by atoms with van der Waals surface area (Å²) in [6, 6.07) is 5.35. The zero-order valence-corrected chi connectivity index (χ0v) is 17.0. The molecule has 0 fully saturated rings. The number of aromatic nitrogens is 3. The Balaban J connectivity index is 1.86. The summed E-state index contributed by atoms with van der Waals surface area (Å²) in [5.41, 5.74) is 1.72. The number of aliphatic imine (C=N–C) groups is 1. The van der Waals surface area contributed by atoms with Gasteiger partial charge in [-0.05, 0) is 43.9 Å². The first kappa shape index (κ1) is 20.9. The highest BCUT2D eigenvalue weighted by Gasteiger charge is 2.10. The Hall–Kier alpha value is -2.42.